The molecule has 1 aromatic heterocycles. The van der Waals surface area contributed by atoms with Gasteiger partial charge in [0.05, 0.1) is 7.11 Å². The topological polar surface area (TPSA) is 63.7 Å². The lowest BCUT2D eigenvalue weighted by molar-refractivity contribution is -0.136. The number of likely N-dealkylation sites (tertiary alicyclic amines) is 1. The van der Waals surface area contributed by atoms with Gasteiger partial charge in [-0.15, -0.1) is 0 Å². The van der Waals surface area contributed by atoms with E-state index in [1.807, 2.05) is 42.2 Å². The number of anilines is 2. The monoisotopic (exact) mass is 369 g/mol. The van der Waals surface area contributed by atoms with Crippen LogP contribution < -0.4 is 10.1 Å². The van der Waals surface area contributed by atoms with Crippen LogP contribution in [0.15, 0.2) is 36.4 Å². The third-order valence-corrected chi connectivity index (χ3v) is 4.79. The number of nitrogens with zero attached hydrogens (tertiary/aromatic N) is 2. The Morgan fingerprint density at radius 1 is 1.26 bits per heavy atom. The molecule has 0 bridgehead atoms. The van der Waals surface area contributed by atoms with Gasteiger partial charge in [0.1, 0.15) is 12.4 Å². The number of hydrogen-bond donors (Lipinski definition) is 1. The molecule has 1 aliphatic rings. The van der Waals surface area contributed by atoms with Crippen LogP contribution in [0.2, 0.25) is 0 Å². The van der Waals surface area contributed by atoms with Gasteiger partial charge >= 0.3 is 0 Å². The Bertz CT molecular complexity index is 794. The van der Waals surface area contributed by atoms with Crippen LogP contribution in [-0.4, -0.2) is 49.7 Å². The Morgan fingerprint density at radius 2 is 2.11 bits per heavy atom. The minimum atomic E-state index is 0.0459. The second-order valence-corrected chi connectivity index (χ2v) is 6.89. The van der Waals surface area contributed by atoms with Crippen molar-refractivity contribution in [2.24, 2.45) is 0 Å². The van der Waals surface area contributed by atoms with Crippen LogP contribution in [0.3, 0.4) is 0 Å². The molecule has 2 heterocycles. The van der Waals surface area contributed by atoms with Crippen LogP contribution in [-0.2, 0) is 9.53 Å². The maximum atomic E-state index is 12.2. The molecule has 0 saturated carbocycles. The summed E-state index contributed by atoms with van der Waals surface area (Å²) in [4.78, 5) is 18.8. The highest BCUT2D eigenvalue weighted by Gasteiger charge is 2.25. The third kappa shape index (κ3) is 4.98. The van der Waals surface area contributed by atoms with E-state index >= 15 is 0 Å². The van der Waals surface area contributed by atoms with Crippen molar-refractivity contribution in [1.29, 1.82) is 0 Å². The molecular formula is C21H27N3O3. The van der Waals surface area contributed by atoms with Crippen molar-refractivity contribution in [3.8, 4) is 5.75 Å². The zero-order chi connectivity index (χ0) is 19.2. The summed E-state index contributed by atoms with van der Waals surface area (Å²) in [5, 5.41) is 3.43. The van der Waals surface area contributed by atoms with Crippen molar-refractivity contribution in [3.63, 3.8) is 0 Å². The Morgan fingerprint density at radius 3 is 2.89 bits per heavy atom. The lowest BCUT2D eigenvalue weighted by atomic mass is 9.93. The zero-order valence-corrected chi connectivity index (χ0v) is 16.2. The fourth-order valence-corrected chi connectivity index (χ4v) is 3.50. The largest absolute Gasteiger partial charge is 0.497 e. The molecule has 27 heavy (non-hydrogen) atoms. The first-order valence-electron chi connectivity index (χ1n) is 9.25. The van der Waals surface area contributed by atoms with E-state index in [-0.39, 0.29) is 18.4 Å². The third-order valence-electron chi connectivity index (χ3n) is 4.79. The van der Waals surface area contributed by atoms with Crippen molar-refractivity contribution >= 4 is 17.3 Å². The van der Waals surface area contributed by atoms with Gasteiger partial charge in [0, 0.05) is 54.9 Å². The number of amides is 1. The number of nitrogens with one attached hydrogen (secondary N) is 1. The standard InChI is InChI=1S/C21H27N3O3/c1-15-10-18(23-17-7-4-8-19(11-17)27-3)12-20(22-15)16-6-5-9-24(13-16)21(25)14-26-2/h4,7-8,10-12,16H,5-6,9,13-14H2,1-3H3,(H,22,23)/t16-/m0/s1. The maximum absolute atomic E-state index is 12.2. The molecule has 0 spiro atoms. The van der Waals surface area contributed by atoms with E-state index in [9.17, 15) is 4.79 Å². The first kappa shape index (κ1) is 19.2. The molecule has 1 N–H and O–H groups in total. The molecule has 1 aliphatic heterocycles. The predicted octanol–water partition coefficient (Wildman–Crippen LogP) is 3.49. The fourth-order valence-electron chi connectivity index (χ4n) is 3.50. The smallest absolute Gasteiger partial charge is 0.248 e. The molecule has 1 atom stereocenters. The molecule has 0 unspecified atom stereocenters. The van der Waals surface area contributed by atoms with Gasteiger partial charge in [-0.05, 0) is 44.0 Å². The summed E-state index contributed by atoms with van der Waals surface area (Å²) in [6.07, 6.45) is 2.01. The number of aryl methyl sites for hydroxylation is 1. The minimum absolute atomic E-state index is 0.0459. The van der Waals surface area contributed by atoms with Crippen LogP contribution in [0.5, 0.6) is 5.75 Å². The molecule has 0 aliphatic carbocycles. The number of ether oxygens (including phenoxy) is 2. The summed E-state index contributed by atoms with van der Waals surface area (Å²) in [7, 11) is 3.21. The summed E-state index contributed by atoms with van der Waals surface area (Å²) in [5.41, 5.74) is 3.94. The number of benzene rings is 1. The number of carbonyl (C=O) groups is 1. The average molecular weight is 369 g/mol. The molecule has 1 saturated heterocycles. The van der Waals surface area contributed by atoms with Gasteiger partial charge < -0.3 is 19.7 Å². The summed E-state index contributed by atoms with van der Waals surface area (Å²) < 4.78 is 10.3. The molecule has 1 amide bonds. The van der Waals surface area contributed by atoms with Crippen molar-refractivity contribution in [1.82, 2.24) is 9.88 Å². The summed E-state index contributed by atoms with van der Waals surface area (Å²) >= 11 is 0. The summed E-state index contributed by atoms with van der Waals surface area (Å²) in [6.45, 7) is 3.62. The zero-order valence-electron chi connectivity index (χ0n) is 16.2. The number of hydrogen-bond acceptors (Lipinski definition) is 5. The SMILES string of the molecule is COCC(=O)N1CCC[C@H](c2cc(Nc3cccc(OC)c3)cc(C)n2)C1. The molecule has 0 radical (unpaired) electrons. The Kier molecular flexibility index (Phi) is 6.29. The van der Waals surface area contributed by atoms with Crippen molar-refractivity contribution in [2.45, 2.75) is 25.7 Å². The number of pyridine rings is 1. The number of piperidine rings is 1. The van der Waals surface area contributed by atoms with Gasteiger partial charge in [0.15, 0.2) is 0 Å². The highest BCUT2D eigenvalue weighted by molar-refractivity contribution is 5.77. The minimum Gasteiger partial charge on any atom is -0.497 e. The normalized spacial score (nSPS) is 16.9. The molecule has 144 valence electrons. The van der Waals surface area contributed by atoms with Gasteiger partial charge in [-0.25, -0.2) is 0 Å². The van der Waals surface area contributed by atoms with Crippen LogP contribution in [0, 0.1) is 6.92 Å². The van der Waals surface area contributed by atoms with Crippen molar-refractivity contribution in [2.75, 3.05) is 39.2 Å². The molecule has 2 aromatic rings. The van der Waals surface area contributed by atoms with Gasteiger partial charge in [0.25, 0.3) is 0 Å². The highest BCUT2D eigenvalue weighted by atomic mass is 16.5. The molecule has 3 rings (SSSR count). The Balaban J connectivity index is 1.77. The number of carbonyl (C=O) groups excluding carboxylic acids is 1. The molecule has 6 nitrogen and oxygen atoms in total. The Hall–Kier alpha value is -2.60. The first-order valence-corrected chi connectivity index (χ1v) is 9.25. The van der Waals surface area contributed by atoms with Gasteiger partial charge in [-0.3, -0.25) is 9.78 Å². The molecule has 1 fully saturated rings. The molecule has 6 heteroatoms. The van der Waals surface area contributed by atoms with E-state index in [0.717, 1.165) is 47.9 Å². The van der Waals surface area contributed by atoms with Crippen molar-refractivity contribution < 1.29 is 14.3 Å². The highest BCUT2D eigenvalue weighted by Crippen LogP contribution is 2.29. The van der Waals surface area contributed by atoms with Crippen LogP contribution in [0.1, 0.15) is 30.1 Å². The molecule has 1 aromatic carbocycles. The number of aromatic nitrogens is 1. The first-order chi connectivity index (χ1) is 13.1. The molecular weight excluding hydrogens is 342 g/mol. The summed E-state index contributed by atoms with van der Waals surface area (Å²) in [5.74, 6) is 1.10. The van der Waals surface area contributed by atoms with E-state index < -0.39 is 0 Å². The van der Waals surface area contributed by atoms with Crippen LogP contribution in [0.4, 0.5) is 11.4 Å². The number of rotatable bonds is 6. The lowest BCUT2D eigenvalue weighted by Gasteiger charge is -2.32. The van der Waals surface area contributed by atoms with Crippen LogP contribution >= 0.6 is 0 Å². The van der Waals surface area contributed by atoms with Gasteiger partial charge in [0.2, 0.25) is 5.91 Å². The maximum Gasteiger partial charge on any atom is 0.248 e. The van der Waals surface area contributed by atoms with E-state index in [4.69, 9.17) is 14.5 Å². The second-order valence-electron chi connectivity index (χ2n) is 6.89. The van der Waals surface area contributed by atoms with Crippen molar-refractivity contribution in [3.05, 3.63) is 47.8 Å². The van der Waals surface area contributed by atoms with E-state index in [1.54, 1.807) is 14.2 Å². The lowest BCUT2D eigenvalue weighted by Crippen LogP contribution is -2.41. The second kappa shape index (κ2) is 8.86. The fraction of sp³-hybridized carbons (Fsp3) is 0.429. The summed E-state index contributed by atoms with van der Waals surface area (Å²) in [6, 6.07) is 11.9. The van der Waals surface area contributed by atoms with Crippen LogP contribution in [0.25, 0.3) is 0 Å². The van der Waals surface area contributed by atoms with Gasteiger partial charge in [-0.1, -0.05) is 6.07 Å². The van der Waals surface area contributed by atoms with Gasteiger partial charge in [-0.2, -0.15) is 0 Å². The van der Waals surface area contributed by atoms with E-state index in [0.29, 0.717) is 6.54 Å². The van der Waals surface area contributed by atoms with E-state index in [2.05, 4.69) is 11.4 Å². The average Bonchev–Trinajstić information content (AvgIpc) is 2.68. The number of methoxy groups -OCH3 is 2. The quantitative estimate of drug-likeness (QED) is 0.844. The predicted molar refractivity (Wildman–Crippen MR) is 106 cm³/mol. The Labute approximate surface area is 160 Å². The van der Waals surface area contributed by atoms with E-state index in [1.165, 1.54) is 0 Å².